The highest BCUT2D eigenvalue weighted by Crippen LogP contribution is 2.28. The molecule has 1 aromatic heterocycles. The molecule has 0 atom stereocenters. The van der Waals surface area contributed by atoms with Crippen molar-refractivity contribution in [3.63, 3.8) is 0 Å². The first-order valence-corrected chi connectivity index (χ1v) is 5.34. The first kappa shape index (κ1) is 9.71. The fourth-order valence-electron chi connectivity index (χ4n) is 1.14. The average Bonchev–Trinajstić information content (AvgIpc) is 2.44. The third-order valence-corrected chi connectivity index (χ3v) is 2.83. The van der Waals surface area contributed by atoms with E-state index < -0.39 is 0 Å². The van der Waals surface area contributed by atoms with Gasteiger partial charge in [0.2, 0.25) is 0 Å². The number of hydrazine groups is 1. The molecule has 74 valence electrons. The van der Waals surface area contributed by atoms with Crippen molar-refractivity contribution in [3.8, 4) is 0 Å². The minimum Gasteiger partial charge on any atom is -0.295 e. The minimum absolute atomic E-state index is 0.748. The van der Waals surface area contributed by atoms with Crippen LogP contribution in [-0.2, 0) is 0 Å². The molecule has 3 nitrogen and oxygen atoms in total. The molecule has 0 bridgehead atoms. The summed E-state index contributed by atoms with van der Waals surface area (Å²) in [6, 6.07) is 5.70. The van der Waals surface area contributed by atoms with Crippen molar-refractivity contribution in [2.24, 2.45) is 0 Å². The van der Waals surface area contributed by atoms with E-state index in [1.807, 2.05) is 37.3 Å². The van der Waals surface area contributed by atoms with Crippen LogP contribution in [0.3, 0.4) is 0 Å². The van der Waals surface area contributed by atoms with E-state index in [1.165, 1.54) is 0 Å². The fourth-order valence-corrected chi connectivity index (χ4v) is 2.36. The number of fused-ring (bicyclic) bond motifs is 1. The number of nitrogens with zero attached hydrogens (tertiary/aromatic N) is 2. The molecular formula is C9H10ClN3S. The highest BCUT2D eigenvalue weighted by molar-refractivity contribution is 7.22. The van der Waals surface area contributed by atoms with Gasteiger partial charge in [-0.1, -0.05) is 22.9 Å². The van der Waals surface area contributed by atoms with E-state index in [1.54, 1.807) is 11.3 Å². The molecule has 1 heterocycles. The summed E-state index contributed by atoms with van der Waals surface area (Å²) in [6.07, 6.45) is 0. The van der Waals surface area contributed by atoms with Gasteiger partial charge in [-0.2, -0.15) is 0 Å². The maximum absolute atomic E-state index is 5.88. The van der Waals surface area contributed by atoms with Gasteiger partial charge in [-0.15, -0.1) is 0 Å². The maximum atomic E-state index is 5.88. The van der Waals surface area contributed by atoms with Gasteiger partial charge in [0.1, 0.15) is 0 Å². The van der Waals surface area contributed by atoms with Crippen molar-refractivity contribution >= 4 is 38.3 Å². The van der Waals surface area contributed by atoms with Gasteiger partial charge in [0.15, 0.2) is 5.13 Å². The lowest BCUT2D eigenvalue weighted by Gasteiger charge is -2.08. The Balaban J connectivity index is 2.41. The molecule has 0 unspecified atom stereocenters. The van der Waals surface area contributed by atoms with Crippen molar-refractivity contribution in [1.82, 2.24) is 9.99 Å². The van der Waals surface area contributed by atoms with Gasteiger partial charge in [0.25, 0.3) is 0 Å². The smallest absolute Gasteiger partial charge is 0.198 e. The lowest BCUT2D eigenvalue weighted by molar-refractivity contribution is 0.495. The zero-order valence-corrected chi connectivity index (χ0v) is 9.49. The predicted molar refractivity (Wildman–Crippen MR) is 61.9 cm³/mol. The minimum atomic E-state index is 0.748. The summed E-state index contributed by atoms with van der Waals surface area (Å²) < 4.78 is 1.10. The van der Waals surface area contributed by atoms with Gasteiger partial charge in [0.05, 0.1) is 10.2 Å². The Morgan fingerprint density at radius 1 is 1.43 bits per heavy atom. The van der Waals surface area contributed by atoms with Crippen molar-refractivity contribution in [2.75, 3.05) is 19.5 Å². The van der Waals surface area contributed by atoms with Crippen molar-refractivity contribution in [2.45, 2.75) is 0 Å². The maximum Gasteiger partial charge on any atom is 0.198 e. The largest absolute Gasteiger partial charge is 0.295 e. The van der Waals surface area contributed by atoms with Crippen LogP contribution in [0.5, 0.6) is 0 Å². The number of rotatable bonds is 2. The Labute approximate surface area is 91.3 Å². The molecule has 2 aromatic rings. The summed E-state index contributed by atoms with van der Waals surface area (Å²) in [6.45, 7) is 0. The SMILES string of the molecule is CN(C)Nc1nc2ccc(Cl)cc2s1. The van der Waals surface area contributed by atoms with Gasteiger partial charge in [-0.3, -0.25) is 5.43 Å². The van der Waals surface area contributed by atoms with E-state index in [2.05, 4.69) is 10.4 Å². The zero-order chi connectivity index (χ0) is 10.1. The third kappa shape index (κ3) is 1.97. The van der Waals surface area contributed by atoms with Gasteiger partial charge in [-0.05, 0) is 18.2 Å². The Hall–Kier alpha value is -0.840. The quantitative estimate of drug-likeness (QED) is 0.800. The summed E-state index contributed by atoms with van der Waals surface area (Å²) in [7, 11) is 3.86. The zero-order valence-electron chi connectivity index (χ0n) is 7.91. The van der Waals surface area contributed by atoms with E-state index >= 15 is 0 Å². The van der Waals surface area contributed by atoms with E-state index in [0.717, 1.165) is 20.4 Å². The first-order chi connectivity index (χ1) is 6.65. The number of anilines is 1. The molecule has 1 aromatic carbocycles. The Kier molecular flexibility index (Phi) is 2.58. The summed E-state index contributed by atoms with van der Waals surface area (Å²) >= 11 is 7.47. The van der Waals surface area contributed by atoms with Crippen LogP contribution < -0.4 is 5.43 Å². The molecule has 1 N–H and O–H groups in total. The van der Waals surface area contributed by atoms with Crippen LogP contribution in [0.15, 0.2) is 18.2 Å². The van der Waals surface area contributed by atoms with E-state index in [4.69, 9.17) is 11.6 Å². The van der Waals surface area contributed by atoms with Crippen LogP contribution in [0.1, 0.15) is 0 Å². The summed E-state index contributed by atoms with van der Waals surface area (Å²) in [5, 5.41) is 3.49. The molecule has 0 aliphatic carbocycles. The molecule has 0 aliphatic rings. The van der Waals surface area contributed by atoms with Gasteiger partial charge in [-0.25, -0.2) is 9.99 Å². The Morgan fingerprint density at radius 2 is 2.21 bits per heavy atom. The molecule has 5 heteroatoms. The number of aromatic nitrogens is 1. The van der Waals surface area contributed by atoms with E-state index in [0.29, 0.717) is 0 Å². The average molecular weight is 228 g/mol. The molecule has 2 rings (SSSR count). The third-order valence-electron chi connectivity index (χ3n) is 1.67. The number of halogens is 1. The number of hydrogen-bond donors (Lipinski definition) is 1. The van der Waals surface area contributed by atoms with Crippen molar-refractivity contribution < 1.29 is 0 Å². The second-order valence-corrected chi connectivity index (χ2v) is 4.60. The molecule has 0 amide bonds. The lowest BCUT2D eigenvalue weighted by Crippen LogP contribution is -2.19. The van der Waals surface area contributed by atoms with Crippen LogP contribution in [0.4, 0.5) is 5.13 Å². The second-order valence-electron chi connectivity index (χ2n) is 3.14. The first-order valence-electron chi connectivity index (χ1n) is 4.15. The van der Waals surface area contributed by atoms with Gasteiger partial charge >= 0.3 is 0 Å². The number of nitrogens with one attached hydrogen (secondary N) is 1. The van der Waals surface area contributed by atoms with Crippen LogP contribution in [0.2, 0.25) is 5.02 Å². The topological polar surface area (TPSA) is 28.2 Å². The monoisotopic (exact) mass is 227 g/mol. The number of benzene rings is 1. The van der Waals surface area contributed by atoms with E-state index in [9.17, 15) is 0 Å². The highest BCUT2D eigenvalue weighted by Gasteiger charge is 2.03. The molecule has 14 heavy (non-hydrogen) atoms. The number of hydrogen-bond acceptors (Lipinski definition) is 4. The lowest BCUT2D eigenvalue weighted by atomic mass is 10.3. The summed E-state index contributed by atoms with van der Waals surface area (Å²) in [5.74, 6) is 0. The fraction of sp³-hybridized carbons (Fsp3) is 0.222. The van der Waals surface area contributed by atoms with Gasteiger partial charge < -0.3 is 0 Å². The van der Waals surface area contributed by atoms with Crippen molar-refractivity contribution in [3.05, 3.63) is 23.2 Å². The van der Waals surface area contributed by atoms with Crippen LogP contribution in [0, 0.1) is 0 Å². The summed E-state index contributed by atoms with van der Waals surface area (Å²) in [5.41, 5.74) is 4.09. The molecule has 0 saturated carbocycles. The molecular weight excluding hydrogens is 218 g/mol. The van der Waals surface area contributed by atoms with Crippen LogP contribution in [-0.4, -0.2) is 24.1 Å². The highest BCUT2D eigenvalue weighted by atomic mass is 35.5. The molecule has 0 aliphatic heterocycles. The molecule has 0 spiro atoms. The molecule has 0 fully saturated rings. The molecule has 0 saturated heterocycles. The van der Waals surface area contributed by atoms with E-state index in [-0.39, 0.29) is 0 Å². The standard InChI is InChI=1S/C9H10ClN3S/c1-13(2)12-9-11-7-4-3-6(10)5-8(7)14-9/h3-5H,1-2H3,(H,11,12). The van der Waals surface area contributed by atoms with Crippen molar-refractivity contribution in [1.29, 1.82) is 0 Å². The Bertz CT molecular complexity index is 452. The number of thiazole rings is 1. The van der Waals surface area contributed by atoms with Gasteiger partial charge in [0, 0.05) is 19.1 Å². The second kappa shape index (κ2) is 3.73. The summed E-state index contributed by atoms with van der Waals surface area (Å²) in [4.78, 5) is 4.40. The van der Waals surface area contributed by atoms with Crippen LogP contribution in [0.25, 0.3) is 10.2 Å². The molecule has 0 radical (unpaired) electrons. The predicted octanol–water partition coefficient (Wildman–Crippen LogP) is 2.84. The Morgan fingerprint density at radius 3 is 2.93 bits per heavy atom. The van der Waals surface area contributed by atoms with Crippen LogP contribution >= 0.6 is 22.9 Å². The normalized spacial score (nSPS) is 11.1.